The Morgan fingerprint density at radius 2 is 2.11 bits per heavy atom. The molecule has 96 valence electrons. The van der Waals surface area contributed by atoms with Crippen LogP contribution in [0.25, 0.3) is 0 Å². The number of carboxylic acid groups (broad SMARTS) is 1. The first-order valence-electron chi connectivity index (χ1n) is 5.26. The SMILES string of the molecule is C=CCOC(=O)N(CC(=O)O)Cc1ccncc1. The second-order valence-electron chi connectivity index (χ2n) is 3.47. The Hall–Kier alpha value is -2.37. The molecule has 0 aliphatic carbocycles. The first-order chi connectivity index (χ1) is 8.63. The van der Waals surface area contributed by atoms with Crippen molar-refractivity contribution in [3.63, 3.8) is 0 Å². The molecule has 0 unspecified atom stereocenters. The summed E-state index contributed by atoms with van der Waals surface area (Å²) in [7, 11) is 0. The summed E-state index contributed by atoms with van der Waals surface area (Å²) in [5.74, 6) is -1.10. The molecule has 0 aliphatic rings. The highest BCUT2D eigenvalue weighted by molar-refractivity contribution is 5.76. The van der Waals surface area contributed by atoms with E-state index in [-0.39, 0.29) is 13.2 Å². The minimum absolute atomic E-state index is 0.0469. The molecule has 1 amide bonds. The standard InChI is InChI=1S/C12H14N2O4/c1-2-7-18-12(17)14(9-11(15)16)8-10-3-5-13-6-4-10/h2-6H,1,7-9H2,(H,15,16). The molecule has 18 heavy (non-hydrogen) atoms. The van der Waals surface area contributed by atoms with Crippen molar-refractivity contribution in [3.8, 4) is 0 Å². The summed E-state index contributed by atoms with van der Waals surface area (Å²) in [5.41, 5.74) is 0.779. The monoisotopic (exact) mass is 250 g/mol. The van der Waals surface area contributed by atoms with Gasteiger partial charge >= 0.3 is 12.1 Å². The van der Waals surface area contributed by atoms with E-state index in [0.717, 1.165) is 10.5 Å². The van der Waals surface area contributed by atoms with Crippen LogP contribution in [0, 0.1) is 0 Å². The lowest BCUT2D eigenvalue weighted by Gasteiger charge is -2.19. The zero-order valence-corrected chi connectivity index (χ0v) is 9.78. The average molecular weight is 250 g/mol. The number of aliphatic carboxylic acids is 1. The molecule has 0 spiro atoms. The van der Waals surface area contributed by atoms with Crippen LogP contribution in [-0.4, -0.2) is 40.2 Å². The molecule has 6 nitrogen and oxygen atoms in total. The van der Waals surface area contributed by atoms with Gasteiger partial charge in [0.1, 0.15) is 13.2 Å². The number of ether oxygens (including phenoxy) is 1. The van der Waals surface area contributed by atoms with Crippen molar-refractivity contribution in [3.05, 3.63) is 42.7 Å². The topological polar surface area (TPSA) is 79.7 Å². The van der Waals surface area contributed by atoms with Crippen molar-refractivity contribution in [1.82, 2.24) is 9.88 Å². The lowest BCUT2D eigenvalue weighted by Crippen LogP contribution is -2.35. The van der Waals surface area contributed by atoms with Gasteiger partial charge in [-0.25, -0.2) is 4.79 Å². The Balaban J connectivity index is 2.68. The van der Waals surface area contributed by atoms with Crippen LogP contribution < -0.4 is 0 Å². The smallest absolute Gasteiger partial charge is 0.410 e. The van der Waals surface area contributed by atoms with Gasteiger partial charge in [0.05, 0.1) is 0 Å². The van der Waals surface area contributed by atoms with E-state index < -0.39 is 18.6 Å². The minimum Gasteiger partial charge on any atom is -0.480 e. The number of rotatable bonds is 6. The van der Waals surface area contributed by atoms with Crippen LogP contribution in [0.2, 0.25) is 0 Å². The van der Waals surface area contributed by atoms with Crippen LogP contribution >= 0.6 is 0 Å². The van der Waals surface area contributed by atoms with E-state index in [1.165, 1.54) is 6.08 Å². The van der Waals surface area contributed by atoms with Gasteiger partial charge in [-0.05, 0) is 17.7 Å². The van der Waals surface area contributed by atoms with Crippen LogP contribution in [0.15, 0.2) is 37.2 Å². The van der Waals surface area contributed by atoms with Crippen LogP contribution in [-0.2, 0) is 16.1 Å². The number of carbonyl (C=O) groups excluding carboxylic acids is 1. The van der Waals surface area contributed by atoms with E-state index in [4.69, 9.17) is 9.84 Å². The van der Waals surface area contributed by atoms with Gasteiger partial charge in [-0.15, -0.1) is 0 Å². The number of hydrogen-bond donors (Lipinski definition) is 1. The third-order valence-corrected chi connectivity index (χ3v) is 2.03. The van der Waals surface area contributed by atoms with E-state index in [0.29, 0.717) is 0 Å². The predicted octanol–water partition coefficient (Wildman–Crippen LogP) is 1.29. The molecule has 0 aromatic carbocycles. The molecular weight excluding hydrogens is 236 g/mol. The highest BCUT2D eigenvalue weighted by Crippen LogP contribution is 2.05. The van der Waals surface area contributed by atoms with Crippen molar-refractivity contribution < 1.29 is 19.4 Å². The molecule has 1 N–H and O–H groups in total. The molecule has 0 saturated carbocycles. The number of carboxylic acids is 1. The molecule has 0 aliphatic heterocycles. The Bertz CT molecular complexity index is 419. The third kappa shape index (κ3) is 4.65. The number of aromatic nitrogens is 1. The summed E-state index contributed by atoms with van der Waals surface area (Å²) in [6, 6.07) is 3.41. The number of carbonyl (C=O) groups is 2. The van der Waals surface area contributed by atoms with Crippen molar-refractivity contribution in [2.75, 3.05) is 13.2 Å². The molecule has 6 heteroatoms. The highest BCUT2D eigenvalue weighted by atomic mass is 16.6. The van der Waals surface area contributed by atoms with Crippen LogP contribution in [0.3, 0.4) is 0 Å². The Morgan fingerprint density at radius 1 is 1.44 bits per heavy atom. The fraction of sp³-hybridized carbons (Fsp3) is 0.250. The van der Waals surface area contributed by atoms with Crippen LogP contribution in [0.1, 0.15) is 5.56 Å². The second kappa shape index (κ2) is 7.05. The van der Waals surface area contributed by atoms with Crippen molar-refractivity contribution in [2.24, 2.45) is 0 Å². The Kier molecular flexibility index (Phi) is 5.37. The highest BCUT2D eigenvalue weighted by Gasteiger charge is 2.18. The first-order valence-corrected chi connectivity index (χ1v) is 5.26. The number of nitrogens with zero attached hydrogens (tertiary/aromatic N) is 2. The zero-order chi connectivity index (χ0) is 13.4. The van der Waals surface area contributed by atoms with E-state index in [1.54, 1.807) is 24.5 Å². The first kappa shape index (κ1) is 13.7. The lowest BCUT2D eigenvalue weighted by atomic mass is 10.2. The fourth-order valence-electron chi connectivity index (χ4n) is 1.28. The maximum atomic E-state index is 11.6. The second-order valence-corrected chi connectivity index (χ2v) is 3.47. The van der Waals surface area contributed by atoms with Gasteiger partial charge in [-0.1, -0.05) is 12.7 Å². The van der Waals surface area contributed by atoms with Gasteiger partial charge in [0.15, 0.2) is 0 Å². The molecule has 1 aromatic rings. The molecule has 0 saturated heterocycles. The number of pyridine rings is 1. The maximum absolute atomic E-state index is 11.6. The minimum atomic E-state index is -1.10. The molecule has 1 rings (SSSR count). The molecule has 0 atom stereocenters. The van der Waals surface area contributed by atoms with Crippen molar-refractivity contribution in [2.45, 2.75) is 6.54 Å². The Labute approximate surface area is 105 Å². The van der Waals surface area contributed by atoms with Crippen molar-refractivity contribution >= 4 is 12.1 Å². The van der Waals surface area contributed by atoms with E-state index >= 15 is 0 Å². The Morgan fingerprint density at radius 3 is 2.67 bits per heavy atom. The summed E-state index contributed by atoms with van der Waals surface area (Å²) in [5, 5.41) is 8.75. The van der Waals surface area contributed by atoms with Gasteiger partial charge in [0.25, 0.3) is 0 Å². The number of hydrogen-bond acceptors (Lipinski definition) is 4. The quantitative estimate of drug-likeness (QED) is 0.769. The summed E-state index contributed by atoms with van der Waals surface area (Å²) < 4.78 is 4.82. The summed E-state index contributed by atoms with van der Waals surface area (Å²) in [6.07, 6.45) is 3.88. The summed E-state index contributed by atoms with van der Waals surface area (Å²) >= 11 is 0. The van der Waals surface area contributed by atoms with E-state index in [1.807, 2.05) is 0 Å². The zero-order valence-electron chi connectivity index (χ0n) is 9.78. The lowest BCUT2D eigenvalue weighted by molar-refractivity contribution is -0.138. The van der Waals surface area contributed by atoms with Gasteiger partial charge in [-0.3, -0.25) is 14.7 Å². The van der Waals surface area contributed by atoms with Crippen LogP contribution in [0.5, 0.6) is 0 Å². The molecule has 1 aromatic heterocycles. The molecule has 1 heterocycles. The molecule has 0 radical (unpaired) electrons. The molecule has 0 fully saturated rings. The summed E-state index contributed by atoms with van der Waals surface area (Å²) in [6.45, 7) is 3.20. The van der Waals surface area contributed by atoms with Gasteiger partial charge in [0, 0.05) is 18.9 Å². The maximum Gasteiger partial charge on any atom is 0.410 e. The normalized spacial score (nSPS) is 9.56. The van der Waals surface area contributed by atoms with Crippen LogP contribution in [0.4, 0.5) is 4.79 Å². The average Bonchev–Trinajstić information content (AvgIpc) is 2.36. The fourth-order valence-corrected chi connectivity index (χ4v) is 1.28. The summed E-state index contributed by atoms with van der Waals surface area (Å²) in [4.78, 5) is 27.3. The molecule has 0 bridgehead atoms. The van der Waals surface area contributed by atoms with Gasteiger partial charge in [-0.2, -0.15) is 0 Å². The predicted molar refractivity (Wildman–Crippen MR) is 63.8 cm³/mol. The van der Waals surface area contributed by atoms with Crippen molar-refractivity contribution in [1.29, 1.82) is 0 Å². The largest absolute Gasteiger partial charge is 0.480 e. The van der Waals surface area contributed by atoms with Gasteiger partial charge < -0.3 is 9.84 Å². The van der Waals surface area contributed by atoms with Gasteiger partial charge in [0.2, 0.25) is 0 Å². The third-order valence-electron chi connectivity index (χ3n) is 2.03. The van der Waals surface area contributed by atoms with E-state index in [9.17, 15) is 9.59 Å². The van der Waals surface area contributed by atoms with E-state index in [2.05, 4.69) is 11.6 Å². The number of amides is 1. The molecular formula is C12H14N2O4.